The van der Waals surface area contributed by atoms with E-state index < -0.39 is 0 Å². The maximum absolute atomic E-state index is 12.5. The average Bonchev–Trinajstić information content (AvgIpc) is 2.62. The van der Waals surface area contributed by atoms with Crippen LogP contribution < -0.4 is 10.6 Å². The van der Waals surface area contributed by atoms with E-state index in [1.165, 1.54) is 0 Å². The number of nitrogens with one attached hydrogen (secondary N) is 2. The fourth-order valence-electron chi connectivity index (χ4n) is 2.48. The summed E-state index contributed by atoms with van der Waals surface area (Å²) in [7, 11) is 0. The quantitative estimate of drug-likeness (QED) is 0.803. The molecule has 2 N–H and O–H groups in total. The number of amides is 2. The summed E-state index contributed by atoms with van der Waals surface area (Å²) in [5, 5.41) is 5.86. The summed E-state index contributed by atoms with van der Waals surface area (Å²) in [6.07, 6.45) is 0.931. The number of hydrogen-bond donors (Lipinski definition) is 2. The summed E-state index contributed by atoms with van der Waals surface area (Å²) < 4.78 is 0. The van der Waals surface area contributed by atoms with Crippen molar-refractivity contribution in [2.45, 2.75) is 33.2 Å². The zero-order valence-electron chi connectivity index (χ0n) is 15.1. The van der Waals surface area contributed by atoms with Crippen LogP contribution in [0.15, 0.2) is 54.6 Å². The molecule has 0 radical (unpaired) electrons. The molecule has 0 aliphatic rings. The highest BCUT2D eigenvalue weighted by Crippen LogP contribution is 2.13. The van der Waals surface area contributed by atoms with Crippen LogP contribution in [0.3, 0.4) is 0 Å². The molecule has 0 aromatic heterocycles. The summed E-state index contributed by atoms with van der Waals surface area (Å²) >= 11 is 0. The van der Waals surface area contributed by atoms with Crippen molar-refractivity contribution in [1.82, 2.24) is 10.6 Å². The van der Waals surface area contributed by atoms with Crippen LogP contribution in [-0.2, 0) is 0 Å². The lowest BCUT2D eigenvalue weighted by Gasteiger charge is -2.14. The molecule has 0 aliphatic carbocycles. The van der Waals surface area contributed by atoms with Crippen LogP contribution in [-0.4, -0.2) is 18.4 Å². The molecule has 0 fully saturated rings. The standard InChI is InChI=1S/C21H26N2O2/c1-15(2)12-13-22-20(24)18-10-7-11-19(14-18)21(25)23-16(3)17-8-5-4-6-9-17/h4-11,14-16H,12-13H2,1-3H3,(H,22,24)(H,23,25). The Kier molecular flexibility index (Phi) is 6.75. The Morgan fingerprint density at radius 2 is 1.52 bits per heavy atom. The predicted molar refractivity (Wildman–Crippen MR) is 101 cm³/mol. The third kappa shape index (κ3) is 5.75. The number of carbonyl (C=O) groups is 2. The van der Waals surface area contributed by atoms with Crippen molar-refractivity contribution in [3.8, 4) is 0 Å². The van der Waals surface area contributed by atoms with E-state index in [9.17, 15) is 9.59 Å². The minimum absolute atomic E-state index is 0.0998. The summed E-state index contributed by atoms with van der Waals surface area (Å²) in [5.74, 6) is 0.205. The molecule has 1 atom stereocenters. The van der Waals surface area contributed by atoms with Crippen LogP contribution in [0, 0.1) is 5.92 Å². The van der Waals surface area contributed by atoms with Crippen LogP contribution in [0.5, 0.6) is 0 Å². The van der Waals surface area contributed by atoms with Crippen molar-refractivity contribution in [1.29, 1.82) is 0 Å². The fraction of sp³-hybridized carbons (Fsp3) is 0.333. The van der Waals surface area contributed by atoms with Crippen LogP contribution in [0.1, 0.15) is 59.5 Å². The summed E-state index contributed by atoms with van der Waals surface area (Å²) in [4.78, 5) is 24.7. The van der Waals surface area contributed by atoms with E-state index in [0.29, 0.717) is 23.6 Å². The van der Waals surface area contributed by atoms with Gasteiger partial charge in [-0.1, -0.05) is 50.2 Å². The molecular weight excluding hydrogens is 312 g/mol. The van der Waals surface area contributed by atoms with Crippen molar-refractivity contribution in [3.63, 3.8) is 0 Å². The van der Waals surface area contributed by atoms with Gasteiger partial charge in [0, 0.05) is 17.7 Å². The Morgan fingerprint density at radius 1 is 0.880 bits per heavy atom. The van der Waals surface area contributed by atoms with E-state index in [1.54, 1.807) is 24.3 Å². The van der Waals surface area contributed by atoms with Crippen LogP contribution in [0.4, 0.5) is 0 Å². The van der Waals surface area contributed by atoms with Gasteiger partial charge < -0.3 is 10.6 Å². The molecule has 2 aromatic rings. The second kappa shape index (κ2) is 9.02. The highest BCUT2D eigenvalue weighted by molar-refractivity contribution is 5.99. The Labute approximate surface area is 149 Å². The van der Waals surface area contributed by atoms with E-state index in [0.717, 1.165) is 12.0 Å². The largest absolute Gasteiger partial charge is 0.352 e. The molecule has 132 valence electrons. The molecule has 1 unspecified atom stereocenters. The predicted octanol–water partition coefficient (Wildman–Crippen LogP) is 3.95. The SMILES string of the molecule is CC(C)CCNC(=O)c1cccc(C(=O)NC(C)c2ccccc2)c1. The second-order valence-electron chi connectivity index (χ2n) is 6.63. The van der Waals surface area contributed by atoms with E-state index in [1.807, 2.05) is 37.3 Å². The fourth-order valence-corrected chi connectivity index (χ4v) is 2.48. The maximum atomic E-state index is 12.5. The lowest BCUT2D eigenvalue weighted by atomic mass is 10.1. The molecule has 0 saturated carbocycles. The molecule has 0 saturated heterocycles. The summed E-state index contributed by atoms with van der Waals surface area (Å²) in [6, 6.07) is 16.5. The number of hydrogen-bond acceptors (Lipinski definition) is 2. The Morgan fingerprint density at radius 3 is 2.16 bits per heavy atom. The molecule has 4 heteroatoms. The Bertz CT molecular complexity index is 711. The number of carbonyl (C=O) groups excluding carboxylic acids is 2. The average molecular weight is 338 g/mol. The van der Waals surface area contributed by atoms with Gasteiger partial charge in [-0.15, -0.1) is 0 Å². The molecule has 0 bridgehead atoms. The van der Waals surface area contributed by atoms with Gasteiger partial charge >= 0.3 is 0 Å². The second-order valence-corrected chi connectivity index (χ2v) is 6.63. The van der Waals surface area contributed by atoms with Crippen LogP contribution in [0.25, 0.3) is 0 Å². The van der Waals surface area contributed by atoms with Gasteiger partial charge in [0.25, 0.3) is 11.8 Å². The monoisotopic (exact) mass is 338 g/mol. The molecule has 2 rings (SSSR count). The lowest BCUT2D eigenvalue weighted by molar-refractivity contribution is 0.0940. The smallest absolute Gasteiger partial charge is 0.251 e. The first-order valence-electron chi connectivity index (χ1n) is 8.71. The minimum atomic E-state index is -0.187. The lowest BCUT2D eigenvalue weighted by Crippen LogP contribution is -2.28. The summed E-state index contributed by atoms with van der Waals surface area (Å²) in [5.41, 5.74) is 2.03. The number of rotatable bonds is 7. The molecule has 0 spiro atoms. The molecule has 0 heterocycles. The van der Waals surface area contributed by atoms with Gasteiger partial charge in [0.1, 0.15) is 0 Å². The summed E-state index contributed by atoms with van der Waals surface area (Å²) in [6.45, 7) is 6.81. The Hall–Kier alpha value is -2.62. The van der Waals surface area contributed by atoms with Crippen LogP contribution in [0.2, 0.25) is 0 Å². The normalized spacial score (nSPS) is 11.8. The van der Waals surface area contributed by atoms with Gasteiger partial charge in [0.2, 0.25) is 0 Å². The first-order valence-corrected chi connectivity index (χ1v) is 8.71. The van der Waals surface area contributed by atoms with Gasteiger partial charge in [-0.2, -0.15) is 0 Å². The highest BCUT2D eigenvalue weighted by atomic mass is 16.2. The van der Waals surface area contributed by atoms with E-state index >= 15 is 0 Å². The molecular formula is C21H26N2O2. The van der Waals surface area contributed by atoms with Crippen molar-refractivity contribution < 1.29 is 9.59 Å². The van der Waals surface area contributed by atoms with Gasteiger partial charge in [-0.25, -0.2) is 0 Å². The zero-order chi connectivity index (χ0) is 18.2. The zero-order valence-corrected chi connectivity index (χ0v) is 15.1. The van der Waals surface area contributed by atoms with Gasteiger partial charge in [0.05, 0.1) is 6.04 Å². The van der Waals surface area contributed by atoms with Crippen LogP contribution >= 0.6 is 0 Å². The molecule has 2 amide bonds. The Balaban J connectivity index is 2.00. The number of benzene rings is 2. The van der Waals surface area contributed by atoms with Crippen molar-refractivity contribution in [3.05, 3.63) is 71.3 Å². The van der Waals surface area contributed by atoms with Gasteiger partial charge in [-0.3, -0.25) is 9.59 Å². The topological polar surface area (TPSA) is 58.2 Å². The minimum Gasteiger partial charge on any atom is -0.352 e. The molecule has 4 nitrogen and oxygen atoms in total. The van der Waals surface area contributed by atoms with E-state index in [2.05, 4.69) is 24.5 Å². The highest BCUT2D eigenvalue weighted by Gasteiger charge is 2.13. The molecule has 0 aliphatic heterocycles. The van der Waals surface area contributed by atoms with Gasteiger partial charge in [0.15, 0.2) is 0 Å². The molecule has 25 heavy (non-hydrogen) atoms. The van der Waals surface area contributed by atoms with Crippen molar-refractivity contribution in [2.24, 2.45) is 5.92 Å². The van der Waals surface area contributed by atoms with Crippen molar-refractivity contribution in [2.75, 3.05) is 6.54 Å². The third-order valence-electron chi connectivity index (χ3n) is 4.04. The van der Waals surface area contributed by atoms with Crippen molar-refractivity contribution >= 4 is 11.8 Å². The first kappa shape index (κ1) is 18.7. The van der Waals surface area contributed by atoms with Gasteiger partial charge in [-0.05, 0) is 43.0 Å². The van der Waals surface area contributed by atoms with E-state index in [4.69, 9.17) is 0 Å². The third-order valence-corrected chi connectivity index (χ3v) is 4.04. The first-order chi connectivity index (χ1) is 12.0. The maximum Gasteiger partial charge on any atom is 0.251 e. The van der Waals surface area contributed by atoms with E-state index in [-0.39, 0.29) is 17.9 Å². The molecule has 2 aromatic carbocycles.